The summed E-state index contributed by atoms with van der Waals surface area (Å²) >= 11 is 0. The van der Waals surface area contributed by atoms with E-state index in [4.69, 9.17) is 4.74 Å². The van der Waals surface area contributed by atoms with Gasteiger partial charge in [-0.05, 0) is 28.5 Å². The van der Waals surface area contributed by atoms with Crippen LogP contribution in [0.25, 0.3) is 0 Å². The predicted octanol–water partition coefficient (Wildman–Crippen LogP) is 3.75. The standard InChI is InChI=1S/C19H31NO2/c1-18(2,3)16-12-22-15(17(20-16)19(4,5)6)11-13-7-9-14(21)10-8-13/h7-10,15-17,20-21H,11-12H2,1-6H3. The fourth-order valence-electron chi connectivity index (χ4n) is 3.04. The van der Waals surface area contributed by atoms with E-state index in [0.717, 1.165) is 13.0 Å². The Morgan fingerprint density at radius 3 is 2.14 bits per heavy atom. The Kier molecular flexibility index (Phi) is 4.88. The lowest BCUT2D eigenvalue weighted by atomic mass is 9.77. The molecule has 0 radical (unpaired) electrons. The van der Waals surface area contributed by atoms with Gasteiger partial charge >= 0.3 is 0 Å². The van der Waals surface area contributed by atoms with E-state index in [1.807, 2.05) is 12.1 Å². The van der Waals surface area contributed by atoms with Crippen LogP contribution in [0.3, 0.4) is 0 Å². The summed E-state index contributed by atoms with van der Waals surface area (Å²) < 4.78 is 6.27. The Labute approximate surface area is 135 Å². The van der Waals surface area contributed by atoms with Crippen molar-refractivity contribution in [2.45, 2.75) is 66.2 Å². The quantitative estimate of drug-likeness (QED) is 0.874. The zero-order valence-electron chi connectivity index (χ0n) is 14.8. The number of morpholine rings is 1. The summed E-state index contributed by atoms with van der Waals surface area (Å²) in [5.74, 6) is 0.312. The predicted molar refractivity (Wildman–Crippen MR) is 91.2 cm³/mol. The molecule has 124 valence electrons. The normalized spacial score (nSPS) is 26.9. The van der Waals surface area contributed by atoms with E-state index in [0.29, 0.717) is 17.8 Å². The van der Waals surface area contributed by atoms with Gasteiger partial charge in [0.05, 0.1) is 12.7 Å². The van der Waals surface area contributed by atoms with Gasteiger partial charge in [0.25, 0.3) is 0 Å². The van der Waals surface area contributed by atoms with Gasteiger partial charge < -0.3 is 15.2 Å². The largest absolute Gasteiger partial charge is 0.508 e. The van der Waals surface area contributed by atoms with E-state index in [-0.39, 0.29) is 16.9 Å². The molecule has 2 N–H and O–H groups in total. The Bertz CT molecular complexity index is 482. The zero-order valence-corrected chi connectivity index (χ0v) is 14.8. The lowest BCUT2D eigenvalue weighted by Crippen LogP contribution is -2.62. The lowest BCUT2D eigenvalue weighted by molar-refractivity contribution is -0.0756. The second-order valence-corrected chi connectivity index (χ2v) is 8.67. The summed E-state index contributed by atoms with van der Waals surface area (Å²) in [4.78, 5) is 0. The molecule has 1 aromatic carbocycles. The average Bonchev–Trinajstić information content (AvgIpc) is 2.39. The molecule has 3 heteroatoms. The van der Waals surface area contributed by atoms with Gasteiger partial charge in [-0.2, -0.15) is 0 Å². The van der Waals surface area contributed by atoms with Crippen LogP contribution in [0.4, 0.5) is 0 Å². The maximum atomic E-state index is 9.42. The summed E-state index contributed by atoms with van der Waals surface area (Å²) in [6, 6.07) is 8.13. The Morgan fingerprint density at radius 1 is 1.05 bits per heavy atom. The fraction of sp³-hybridized carbons (Fsp3) is 0.684. The highest BCUT2D eigenvalue weighted by atomic mass is 16.5. The Hall–Kier alpha value is -1.06. The van der Waals surface area contributed by atoms with Crippen molar-refractivity contribution in [2.75, 3.05) is 6.61 Å². The molecular formula is C19H31NO2. The first kappa shape index (κ1) is 17.3. The summed E-state index contributed by atoms with van der Waals surface area (Å²) in [5.41, 5.74) is 1.52. The minimum Gasteiger partial charge on any atom is -0.508 e. The molecule has 1 aliphatic rings. The number of phenols is 1. The highest BCUT2D eigenvalue weighted by Crippen LogP contribution is 2.32. The molecule has 3 unspecified atom stereocenters. The van der Waals surface area contributed by atoms with Gasteiger partial charge in [-0.15, -0.1) is 0 Å². The van der Waals surface area contributed by atoms with Crippen molar-refractivity contribution in [1.29, 1.82) is 0 Å². The number of phenolic OH excluding ortho intramolecular Hbond substituents is 1. The first-order valence-electron chi connectivity index (χ1n) is 8.23. The molecule has 0 saturated carbocycles. The van der Waals surface area contributed by atoms with Crippen molar-refractivity contribution in [3.63, 3.8) is 0 Å². The number of rotatable bonds is 2. The van der Waals surface area contributed by atoms with Crippen LogP contribution in [-0.2, 0) is 11.2 Å². The molecule has 0 aromatic heterocycles. The van der Waals surface area contributed by atoms with Crippen molar-refractivity contribution in [2.24, 2.45) is 10.8 Å². The van der Waals surface area contributed by atoms with Crippen molar-refractivity contribution in [3.05, 3.63) is 29.8 Å². The van der Waals surface area contributed by atoms with Crippen LogP contribution in [0, 0.1) is 10.8 Å². The van der Waals surface area contributed by atoms with E-state index >= 15 is 0 Å². The Morgan fingerprint density at radius 2 is 1.64 bits per heavy atom. The molecule has 22 heavy (non-hydrogen) atoms. The van der Waals surface area contributed by atoms with E-state index in [2.05, 4.69) is 46.9 Å². The van der Waals surface area contributed by atoms with Gasteiger partial charge in [0.1, 0.15) is 5.75 Å². The highest BCUT2D eigenvalue weighted by Gasteiger charge is 2.41. The van der Waals surface area contributed by atoms with Gasteiger partial charge in [-0.1, -0.05) is 53.7 Å². The Balaban J connectivity index is 2.14. The number of ether oxygens (including phenoxy) is 1. The second kappa shape index (κ2) is 6.21. The van der Waals surface area contributed by atoms with Crippen LogP contribution >= 0.6 is 0 Å². The summed E-state index contributed by atoms with van der Waals surface area (Å²) in [6.45, 7) is 14.3. The fourth-order valence-corrected chi connectivity index (χ4v) is 3.04. The third kappa shape index (κ3) is 4.23. The van der Waals surface area contributed by atoms with Crippen LogP contribution in [0.5, 0.6) is 5.75 Å². The molecule has 1 aliphatic heterocycles. The molecule has 3 atom stereocenters. The molecule has 1 aromatic rings. The molecule has 1 heterocycles. The number of aromatic hydroxyl groups is 1. The van der Waals surface area contributed by atoms with Crippen LogP contribution in [0.1, 0.15) is 47.1 Å². The van der Waals surface area contributed by atoms with E-state index < -0.39 is 0 Å². The van der Waals surface area contributed by atoms with Gasteiger partial charge in [0.15, 0.2) is 0 Å². The molecule has 0 aliphatic carbocycles. The SMILES string of the molecule is CC(C)(C)C1COC(Cc2ccc(O)cc2)C(C(C)(C)C)N1. The summed E-state index contributed by atoms with van der Waals surface area (Å²) in [7, 11) is 0. The maximum absolute atomic E-state index is 9.42. The number of hydrogen-bond donors (Lipinski definition) is 2. The third-order valence-electron chi connectivity index (χ3n) is 4.58. The first-order chi connectivity index (χ1) is 10.1. The van der Waals surface area contributed by atoms with Crippen LogP contribution in [0.2, 0.25) is 0 Å². The van der Waals surface area contributed by atoms with Crippen LogP contribution < -0.4 is 5.32 Å². The second-order valence-electron chi connectivity index (χ2n) is 8.67. The van der Waals surface area contributed by atoms with E-state index in [9.17, 15) is 5.11 Å². The van der Waals surface area contributed by atoms with Crippen LogP contribution in [-0.4, -0.2) is 29.9 Å². The molecule has 0 spiro atoms. The smallest absolute Gasteiger partial charge is 0.115 e. The minimum atomic E-state index is 0.130. The van der Waals surface area contributed by atoms with Gasteiger partial charge in [0, 0.05) is 18.5 Å². The van der Waals surface area contributed by atoms with Crippen molar-refractivity contribution < 1.29 is 9.84 Å². The minimum absolute atomic E-state index is 0.130. The van der Waals surface area contributed by atoms with Gasteiger partial charge in [-0.25, -0.2) is 0 Å². The molecular weight excluding hydrogens is 274 g/mol. The monoisotopic (exact) mass is 305 g/mol. The molecule has 1 fully saturated rings. The highest BCUT2D eigenvalue weighted by molar-refractivity contribution is 5.26. The molecule has 0 bridgehead atoms. The number of benzene rings is 1. The van der Waals surface area contributed by atoms with E-state index in [1.54, 1.807) is 12.1 Å². The third-order valence-corrected chi connectivity index (χ3v) is 4.58. The molecule has 1 saturated heterocycles. The topological polar surface area (TPSA) is 41.5 Å². The molecule has 2 rings (SSSR count). The number of nitrogens with one attached hydrogen (secondary N) is 1. The molecule has 0 amide bonds. The van der Waals surface area contributed by atoms with Gasteiger partial charge in [0.2, 0.25) is 0 Å². The lowest BCUT2D eigenvalue weighted by Gasteiger charge is -2.48. The van der Waals surface area contributed by atoms with Crippen molar-refractivity contribution in [1.82, 2.24) is 5.32 Å². The van der Waals surface area contributed by atoms with E-state index in [1.165, 1.54) is 5.56 Å². The first-order valence-corrected chi connectivity index (χ1v) is 8.23. The summed E-state index contributed by atoms with van der Waals surface area (Å²) in [6.07, 6.45) is 1.02. The van der Waals surface area contributed by atoms with Crippen molar-refractivity contribution >= 4 is 0 Å². The average molecular weight is 305 g/mol. The van der Waals surface area contributed by atoms with Crippen LogP contribution in [0.15, 0.2) is 24.3 Å². The van der Waals surface area contributed by atoms with Crippen molar-refractivity contribution in [3.8, 4) is 5.75 Å². The maximum Gasteiger partial charge on any atom is 0.115 e. The number of hydrogen-bond acceptors (Lipinski definition) is 3. The van der Waals surface area contributed by atoms with Gasteiger partial charge in [-0.3, -0.25) is 0 Å². The summed E-state index contributed by atoms with van der Waals surface area (Å²) in [5, 5.41) is 13.3. The molecule has 3 nitrogen and oxygen atoms in total. The zero-order chi connectivity index (χ0) is 16.5.